The fourth-order valence-corrected chi connectivity index (χ4v) is 4.14. The van der Waals surface area contributed by atoms with E-state index in [0.29, 0.717) is 13.0 Å². The lowest BCUT2D eigenvalue weighted by molar-refractivity contribution is -0.121. The molecule has 0 aliphatic heterocycles. The van der Waals surface area contributed by atoms with E-state index in [1.165, 1.54) is 96.3 Å². The van der Waals surface area contributed by atoms with E-state index in [9.17, 15) is 4.79 Å². The van der Waals surface area contributed by atoms with Crippen LogP contribution in [0.1, 0.15) is 122 Å². The SMILES string of the molecule is CCCCCCCCCCCCCCCCCCNC(=O)CCn1ncc(Br)c1C. The molecular formula is C25H46BrN3O. The Morgan fingerprint density at radius 3 is 1.77 bits per heavy atom. The van der Waals surface area contributed by atoms with E-state index in [0.717, 1.165) is 23.1 Å². The first-order chi connectivity index (χ1) is 14.6. The minimum absolute atomic E-state index is 0.127. The molecule has 0 spiro atoms. The number of hydrogen-bond acceptors (Lipinski definition) is 2. The van der Waals surface area contributed by atoms with Crippen molar-refractivity contribution in [3.05, 3.63) is 16.4 Å². The molecule has 0 bridgehead atoms. The Morgan fingerprint density at radius 1 is 0.867 bits per heavy atom. The normalized spacial score (nSPS) is 11.2. The summed E-state index contributed by atoms with van der Waals surface area (Å²) in [6, 6.07) is 0. The van der Waals surface area contributed by atoms with Crippen LogP contribution >= 0.6 is 15.9 Å². The second-order valence-corrected chi connectivity index (χ2v) is 9.56. The molecule has 1 heterocycles. The van der Waals surface area contributed by atoms with Gasteiger partial charge >= 0.3 is 0 Å². The van der Waals surface area contributed by atoms with Gasteiger partial charge in [-0.1, -0.05) is 103 Å². The van der Waals surface area contributed by atoms with Crippen LogP contribution < -0.4 is 5.32 Å². The average molecular weight is 485 g/mol. The lowest BCUT2D eigenvalue weighted by Gasteiger charge is -2.07. The van der Waals surface area contributed by atoms with Crippen LogP contribution in [-0.4, -0.2) is 22.2 Å². The molecule has 30 heavy (non-hydrogen) atoms. The van der Waals surface area contributed by atoms with Crippen molar-refractivity contribution < 1.29 is 4.79 Å². The van der Waals surface area contributed by atoms with Crippen molar-refractivity contribution in [2.45, 2.75) is 130 Å². The summed E-state index contributed by atoms with van der Waals surface area (Å²) in [5.74, 6) is 0.127. The third-order valence-corrected chi connectivity index (χ3v) is 6.73. The summed E-state index contributed by atoms with van der Waals surface area (Å²) in [4.78, 5) is 11.9. The van der Waals surface area contributed by atoms with Crippen molar-refractivity contribution in [1.82, 2.24) is 15.1 Å². The maximum Gasteiger partial charge on any atom is 0.221 e. The molecule has 0 aromatic carbocycles. The number of carbonyl (C=O) groups excluding carboxylic acids is 1. The van der Waals surface area contributed by atoms with Crippen molar-refractivity contribution in [3.8, 4) is 0 Å². The molecule has 0 aliphatic rings. The number of aryl methyl sites for hydroxylation is 1. The zero-order valence-corrected chi connectivity index (χ0v) is 21.3. The van der Waals surface area contributed by atoms with E-state index < -0.39 is 0 Å². The highest BCUT2D eigenvalue weighted by atomic mass is 79.9. The van der Waals surface area contributed by atoms with E-state index in [1.807, 2.05) is 11.6 Å². The first-order valence-electron chi connectivity index (χ1n) is 12.6. The van der Waals surface area contributed by atoms with Crippen molar-refractivity contribution in [3.63, 3.8) is 0 Å². The van der Waals surface area contributed by atoms with E-state index in [4.69, 9.17) is 0 Å². The van der Waals surface area contributed by atoms with E-state index in [-0.39, 0.29) is 5.91 Å². The molecule has 5 heteroatoms. The fourth-order valence-electron chi connectivity index (χ4n) is 3.85. The van der Waals surface area contributed by atoms with E-state index in [2.05, 4.69) is 33.3 Å². The van der Waals surface area contributed by atoms with Crippen LogP contribution in [0.25, 0.3) is 0 Å². The van der Waals surface area contributed by atoms with Crippen LogP contribution in [0.2, 0.25) is 0 Å². The summed E-state index contributed by atoms with van der Waals surface area (Å²) in [6.07, 6.45) is 24.3. The van der Waals surface area contributed by atoms with Crippen molar-refractivity contribution in [1.29, 1.82) is 0 Å². The molecule has 1 aromatic rings. The summed E-state index contributed by atoms with van der Waals surface area (Å²) < 4.78 is 2.87. The number of nitrogens with one attached hydrogen (secondary N) is 1. The molecule has 4 nitrogen and oxygen atoms in total. The van der Waals surface area contributed by atoms with E-state index >= 15 is 0 Å². The van der Waals surface area contributed by atoms with Gasteiger partial charge < -0.3 is 5.32 Å². The molecule has 1 aromatic heterocycles. The molecule has 0 saturated carbocycles. The van der Waals surface area contributed by atoms with Gasteiger partial charge in [0.05, 0.1) is 10.7 Å². The summed E-state index contributed by atoms with van der Waals surface area (Å²) in [5.41, 5.74) is 1.07. The van der Waals surface area contributed by atoms with Crippen LogP contribution in [-0.2, 0) is 11.3 Å². The minimum Gasteiger partial charge on any atom is -0.356 e. The van der Waals surface area contributed by atoms with Gasteiger partial charge in [-0.2, -0.15) is 5.10 Å². The van der Waals surface area contributed by atoms with Gasteiger partial charge in [-0.3, -0.25) is 9.48 Å². The highest BCUT2D eigenvalue weighted by Gasteiger charge is 2.06. The maximum atomic E-state index is 11.9. The summed E-state index contributed by atoms with van der Waals surface area (Å²) in [6.45, 7) is 5.74. The van der Waals surface area contributed by atoms with Crippen LogP contribution in [0.5, 0.6) is 0 Å². The van der Waals surface area contributed by atoms with Gasteiger partial charge in [0.1, 0.15) is 0 Å². The number of halogens is 1. The molecule has 0 unspecified atom stereocenters. The molecule has 1 N–H and O–H groups in total. The Morgan fingerprint density at radius 2 is 1.33 bits per heavy atom. The first kappa shape index (κ1) is 27.2. The highest BCUT2D eigenvalue weighted by Crippen LogP contribution is 2.15. The monoisotopic (exact) mass is 483 g/mol. The number of amides is 1. The summed E-state index contributed by atoms with van der Waals surface area (Å²) in [5, 5.41) is 7.30. The van der Waals surface area contributed by atoms with Crippen molar-refractivity contribution in [2.24, 2.45) is 0 Å². The van der Waals surface area contributed by atoms with Gasteiger partial charge in [-0.25, -0.2) is 0 Å². The standard InChI is InChI=1S/C25H46BrN3O/c1-3-4-5-6-7-8-9-10-11-12-13-14-15-16-17-18-20-27-25(30)19-21-29-23(2)24(26)22-28-29/h22H,3-21H2,1-2H3,(H,27,30). The Bertz CT molecular complexity index is 544. The van der Waals surface area contributed by atoms with Gasteiger partial charge in [0.25, 0.3) is 0 Å². The minimum atomic E-state index is 0.127. The predicted molar refractivity (Wildman–Crippen MR) is 132 cm³/mol. The van der Waals surface area contributed by atoms with Crippen molar-refractivity contribution >= 4 is 21.8 Å². The third kappa shape index (κ3) is 14.2. The summed E-state index contributed by atoms with van der Waals surface area (Å²) in [7, 11) is 0. The Hall–Kier alpha value is -0.840. The molecule has 0 aliphatic carbocycles. The Balaban J connectivity index is 1.78. The largest absolute Gasteiger partial charge is 0.356 e. The molecule has 0 radical (unpaired) electrons. The van der Waals surface area contributed by atoms with E-state index in [1.54, 1.807) is 6.20 Å². The number of carbonyl (C=O) groups is 1. The number of hydrogen-bond donors (Lipinski definition) is 1. The quantitative estimate of drug-likeness (QED) is 0.193. The van der Waals surface area contributed by atoms with Crippen LogP contribution in [0.4, 0.5) is 0 Å². The third-order valence-electron chi connectivity index (χ3n) is 5.95. The highest BCUT2D eigenvalue weighted by molar-refractivity contribution is 9.10. The number of unbranched alkanes of at least 4 members (excludes halogenated alkanes) is 15. The van der Waals surface area contributed by atoms with Gasteiger partial charge in [0, 0.05) is 25.2 Å². The van der Waals surface area contributed by atoms with Crippen LogP contribution in [0, 0.1) is 6.92 Å². The van der Waals surface area contributed by atoms with Crippen molar-refractivity contribution in [2.75, 3.05) is 6.54 Å². The average Bonchev–Trinajstić information content (AvgIpc) is 3.06. The second-order valence-electron chi connectivity index (χ2n) is 8.70. The van der Waals surface area contributed by atoms with Gasteiger partial charge in [0.15, 0.2) is 0 Å². The Kier molecular flexibility index (Phi) is 17.1. The predicted octanol–water partition coefficient (Wildman–Crippen LogP) is 7.72. The number of aromatic nitrogens is 2. The lowest BCUT2D eigenvalue weighted by Crippen LogP contribution is -2.25. The molecular weight excluding hydrogens is 438 g/mol. The second kappa shape index (κ2) is 18.9. The van der Waals surface area contributed by atoms with Crippen LogP contribution in [0.15, 0.2) is 10.7 Å². The van der Waals surface area contributed by atoms with Gasteiger partial charge in [0.2, 0.25) is 5.91 Å². The molecule has 0 saturated heterocycles. The molecule has 1 rings (SSSR count). The molecule has 174 valence electrons. The van der Waals surface area contributed by atoms with Gasteiger partial charge in [-0.15, -0.1) is 0 Å². The smallest absolute Gasteiger partial charge is 0.221 e. The first-order valence-corrected chi connectivity index (χ1v) is 13.4. The topological polar surface area (TPSA) is 46.9 Å². The maximum absolute atomic E-state index is 11.9. The molecule has 0 fully saturated rings. The molecule has 1 amide bonds. The molecule has 0 atom stereocenters. The van der Waals surface area contributed by atoms with Gasteiger partial charge in [-0.05, 0) is 29.3 Å². The Labute approximate surface area is 194 Å². The lowest BCUT2D eigenvalue weighted by atomic mass is 10.0. The zero-order chi connectivity index (χ0) is 21.9. The summed E-state index contributed by atoms with van der Waals surface area (Å²) >= 11 is 3.45. The fraction of sp³-hybridized carbons (Fsp3) is 0.840. The number of nitrogens with zero attached hydrogens (tertiary/aromatic N) is 2. The van der Waals surface area contributed by atoms with Crippen LogP contribution in [0.3, 0.4) is 0 Å². The number of rotatable bonds is 20. The zero-order valence-electron chi connectivity index (χ0n) is 19.7.